The smallest absolute Gasteiger partial charge is 0.337 e. The Kier molecular flexibility index (Phi) is 7.97. The van der Waals surface area contributed by atoms with Crippen LogP contribution in [0.5, 0.6) is 0 Å². The first kappa shape index (κ1) is 22.6. The molecule has 0 fully saturated rings. The molecule has 0 saturated heterocycles. The fourth-order valence-electron chi connectivity index (χ4n) is 3.03. The van der Waals surface area contributed by atoms with E-state index in [-0.39, 0.29) is 18.4 Å². The van der Waals surface area contributed by atoms with Crippen molar-refractivity contribution in [1.82, 2.24) is 0 Å². The van der Waals surface area contributed by atoms with Gasteiger partial charge in [-0.05, 0) is 54.4 Å². The molecular weight excluding hydrogens is 406 g/mol. The molecule has 3 aromatic carbocycles. The second-order valence-corrected chi connectivity index (χ2v) is 7.09. The van der Waals surface area contributed by atoms with Crippen molar-refractivity contribution in [2.75, 3.05) is 29.6 Å². The molecule has 0 heterocycles. The van der Waals surface area contributed by atoms with Crippen molar-refractivity contribution in [3.8, 4) is 0 Å². The van der Waals surface area contributed by atoms with Gasteiger partial charge in [0.25, 0.3) is 0 Å². The van der Waals surface area contributed by atoms with Crippen molar-refractivity contribution in [2.45, 2.75) is 12.8 Å². The number of hydrogen-bond acceptors (Lipinski definition) is 5. The van der Waals surface area contributed by atoms with Gasteiger partial charge in [-0.15, -0.1) is 0 Å². The molecule has 0 aromatic heterocycles. The highest BCUT2D eigenvalue weighted by Crippen LogP contribution is 2.16. The molecule has 3 aromatic rings. The number of carbonyl (C=O) groups excluding carboxylic acids is 3. The van der Waals surface area contributed by atoms with Crippen LogP contribution in [0, 0.1) is 0 Å². The van der Waals surface area contributed by atoms with E-state index in [2.05, 4.69) is 20.7 Å². The maximum absolute atomic E-state index is 12.3. The van der Waals surface area contributed by atoms with Crippen LogP contribution < -0.4 is 16.0 Å². The van der Waals surface area contributed by atoms with E-state index in [4.69, 9.17) is 0 Å². The number of hydrogen-bond donors (Lipinski definition) is 3. The van der Waals surface area contributed by atoms with Crippen LogP contribution in [-0.4, -0.2) is 31.4 Å². The predicted octanol–water partition coefficient (Wildman–Crippen LogP) is 4.10. The van der Waals surface area contributed by atoms with Gasteiger partial charge in [-0.25, -0.2) is 4.79 Å². The summed E-state index contributed by atoms with van der Waals surface area (Å²) in [5.74, 6) is -0.745. The first-order valence-electron chi connectivity index (χ1n) is 10.2. The standard InChI is InChI=1S/C25H25N3O4/c1-32-25(31)19-11-13-20(14-12-19)26-17-24(30)28-22-9-5-8-21(16-22)27-23(29)15-10-18-6-3-2-4-7-18/h2-9,11-14,16,26H,10,15,17H2,1H3,(H,27,29)(H,28,30). The third-order valence-corrected chi connectivity index (χ3v) is 4.67. The zero-order chi connectivity index (χ0) is 22.8. The summed E-state index contributed by atoms with van der Waals surface area (Å²) in [7, 11) is 1.32. The van der Waals surface area contributed by atoms with Gasteiger partial charge in [-0.3, -0.25) is 9.59 Å². The minimum atomic E-state index is -0.415. The normalized spacial score (nSPS) is 10.2. The van der Waals surface area contributed by atoms with Crippen LogP contribution in [0.15, 0.2) is 78.9 Å². The molecule has 0 atom stereocenters. The number of ether oxygens (including phenoxy) is 1. The van der Waals surface area contributed by atoms with Crippen LogP contribution in [0.1, 0.15) is 22.3 Å². The van der Waals surface area contributed by atoms with Gasteiger partial charge in [0.15, 0.2) is 0 Å². The Morgan fingerprint density at radius 3 is 2.06 bits per heavy atom. The highest BCUT2D eigenvalue weighted by molar-refractivity contribution is 5.96. The monoisotopic (exact) mass is 431 g/mol. The van der Waals surface area contributed by atoms with E-state index < -0.39 is 5.97 Å². The lowest BCUT2D eigenvalue weighted by atomic mass is 10.1. The van der Waals surface area contributed by atoms with Gasteiger partial charge < -0.3 is 20.7 Å². The number of carbonyl (C=O) groups is 3. The number of rotatable bonds is 9. The van der Waals surface area contributed by atoms with Gasteiger partial charge in [0.05, 0.1) is 19.2 Å². The third-order valence-electron chi connectivity index (χ3n) is 4.67. The maximum Gasteiger partial charge on any atom is 0.337 e. The van der Waals surface area contributed by atoms with E-state index in [0.717, 1.165) is 5.56 Å². The number of aryl methyl sites for hydroxylation is 1. The van der Waals surface area contributed by atoms with E-state index in [0.29, 0.717) is 35.5 Å². The van der Waals surface area contributed by atoms with E-state index in [1.54, 1.807) is 48.5 Å². The van der Waals surface area contributed by atoms with Crippen LogP contribution in [0.4, 0.5) is 17.1 Å². The first-order chi connectivity index (χ1) is 15.5. The van der Waals surface area contributed by atoms with Gasteiger partial charge in [0, 0.05) is 23.5 Å². The van der Waals surface area contributed by atoms with Crippen molar-refractivity contribution >= 4 is 34.8 Å². The second kappa shape index (κ2) is 11.3. The molecule has 0 radical (unpaired) electrons. The predicted molar refractivity (Wildman–Crippen MR) is 125 cm³/mol. The van der Waals surface area contributed by atoms with E-state index in [1.165, 1.54) is 7.11 Å². The molecule has 0 aliphatic rings. The lowest BCUT2D eigenvalue weighted by Crippen LogP contribution is -2.22. The summed E-state index contributed by atoms with van der Waals surface area (Å²) in [4.78, 5) is 35.9. The summed E-state index contributed by atoms with van der Waals surface area (Å²) < 4.78 is 4.66. The maximum atomic E-state index is 12.3. The molecule has 32 heavy (non-hydrogen) atoms. The number of benzene rings is 3. The summed E-state index contributed by atoms with van der Waals surface area (Å²) >= 11 is 0. The quantitative estimate of drug-likeness (QED) is 0.444. The summed E-state index contributed by atoms with van der Waals surface area (Å²) in [6.45, 7) is 0.0469. The van der Waals surface area contributed by atoms with Crippen LogP contribution in [-0.2, 0) is 20.7 Å². The average molecular weight is 431 g/mol. The molecular formula is C25H25N3O4. The lowest BCUT2D eigenvalue weighted by molar-refractivity contribution is -0.116. The van der Waals surface area contributed by atoms with Crippen molar-refractivity contribution in [2.24, 2.45) is 0 Å². The Morgan fingerprint density at radius 1 is 0.750 bits per heavy atom. The number of nitrogens with one attached hydrogen (secondary N) is 3. The van der Waals surface area contributed by atoms with Crippen molar-refractivity contribution in [3.05, 3.63) is 90.0 Å². The van der Waals surface area contributed by atoms with Gasteiger partial charge >= 0.3 is 5.97 Å². The van der Waals surface area contributed by atoms with Gasteiger partial charge in [-0.1, -0.05) is 36.4 Å². The summed E-state index contributed by atoms with van der Waals surface area (Å²) in [6.07, 6.45) is 1.04. The SMILES string of the molecule is COC(=O)c1ccc(NCC(=O)Nc2cccc(NC(=O)CCc3ccccc3)c2)cc1. The zero-order valence-electron chi connectivity index (χ0n) is 17.8. The number of anilines is 3. The Balaban J connectivity index is 1.46. The number of esters is 1. The lowest BCUT2D eigenvalue weighted by Gasteiger charge is -2.10. The number of amides is 2. The molecule has 3 rings (SSSR count). The fourth-order valence-corrected chi connectivity index (χ4v) is 3.03. The highest BCUT2D eigenvalue weighted by atomic mass is 16.5. The van der Waals surface area contributed by atoms with Crippen molar-refractivity contribution in [1.29, 1.82) is 0 Å². The van der Waals surface area contributed by atoms with Crippen molar-refractivity contribution < 1.29 is 19.1 Å². The highest BCUT2D eigenvalue weighted by Gasteiger charge is 2.07. The largest absolute Gasteiger partial charge is 0.465 e. The molecule has 7 nitrogen and oxygen atoms in total. The molecule has 0 unspecified atom stereocenters. The Bertz CT molecular complexity index is 1070. The zero-order valence-corrected chi connectivity index (χ0v) is 17.8. The molecule has 0 aliphatic carbocycles. The van der Waals surface area contributed by atoms with Crippen LogP contribution in [0.3, 0.4) is 0 Å². The fraction of sp³-hybridized carbons (Fsp3) is 0.160. The van der Waals surface area contributed by atoms with Crippen LogP contribution in [0.2, 0.25) is 0 Å². The summed E-state index contributed by atoms with van der Waals surface area (Å²) in [5, 5.41) is 8.65. The van der Waals surface area contributed by atoms with E-state index in [9.17, 15) is 14.4 Å². The molecule has 3 N–H and O–H groups in total. The molecule has 164 valence electrons. The topological polar surface area (TPSA) is 96.5 Å². The molecule has 2 amide bonds. The molecule has 0 aliphatic heterocycles. The van der Waals surface area contributed by atoms with Crippen molar-refractivity contribution in [3.63, 3.8) is 0 Å². The Morgan fingerprint density at radius 2 is 1.41 bits per heavy atom. The summed E-state index contributed by atoms with van der Waals surface area (Å²) in [6, 6.07) is 23.5. The van der Waals surface area contributed by atoms with Crippen LogP contribution in [0.25, 0.3) is 0 Å². The minimum Gasteiger partial charge on any atom is -0.465 e. The molecule has 7 heteroatoms. The van der Waals surface area contributed by atoms with Gasteiger partial charge in [0.1, 0.15) is 0 Å². The Hall–Kier alpha value is -4.13. The van der Waals surface area contributed by atoms with Gasteiger partial charge in [-0.2, -0.15) is 0 Å². The summed E-state index contributed by atoms with van der Waals surface area (Å²) in [5.41, 5.74) is 3.44. The van der Waals surface area contributed by atoms with E-state index in [1.807, 2.05) is 30.3 Å². The van der Waals surface area contributed by atoms with Crippen LogP contribution >= 0.6 is 0 Å². The third kappa shape index (κ3) is 6.98. The molecule has 0 saturated carbocycles. The number of methoxy groups -OCH3 is 1. The second-order valence-electron chi connectivity index (χ2n) is 7.09. The minimum absolute atomic E-state index is 0.0469. The average Bonchev–Trinajstić information content (AvgIpc) is 2.82. The first-order valence-corrected chi connectivity index (χ1v) is 10.2. The van der Waals surface area contributed by atoms with E-state index >= 15 is 0 Å². The molecule has 0 spiro atoms. The Labute approximate surface area is 186 Å². The molecule has 0 bridgehead atoms. The van der Waals surface area contributed by atoms with Gasteiger partial charge in [0.2, 0.25) is 11.8 Å².